The molecule has 0 atom stereocenters. The van der Waals surface area contributed by atoms with E-state index in [9.17, 15) is 14.0 Å². The molecule has 0 aromatic heterocycles. The highest BCUT2D eigenvalue weighted by atomic mass is 19.1. The lowest BCUT2D eigenvalue weighted by molar-refractivity contribution is 0.268. The molecule has 2 aromatic carbocycles. The van der Waals surface area contributed by atoms with E-state index in [0.29, 0.717) is 18.4 Å². The van der Waals surface area contributed by atoms with E-state index in [2.05, 4.69) is 6.07 Å². The van der Waals surface area contributed by atoms with Gasteiger partial charge >= 0.3 is 0 Å². The van der Waals surface area contributed by atoms with E-state index in [1.165, 1.54) is 17.7 Å². The Hall–Kier alpha value is -2.21. The second-order valence-corrected chi connectivity index (χ2v) is 5.37. The van der Waals surface area contributed by atoms with Crippen molar-refractivity contribution in [1.82, 2.24) is 0 Å². The van der Waals surface area contributed by atoms with Crippen LogP contribution in [0.4, 0.5) is 8.78 Å². The topological polar surface area (TPSA) is 23.8 Å². The van der Waals surface area contributed by atoms with Gasteiger partial charge in [-0.1, -0.05) is 30.3 Å². The molecule has 20 heavy (non-hydrogen) atoms. The Morgan fingerprint density at radius 3 is 2.15 bits per heavy atom. The average Bonchev–Trinajstić information content (AvgIpc) is 2.38. The number of nitriles is 1. The molecule has 0 N–H and O–H groups in total. The van der Waals surface area contributed by atoms with Gasteiger partial charge in [0.25, 0.3) is 0 Å². The van der Waals surface area contributed by atoms with Crippen molar-refractivity contribution in [3.8, 4) is 6.07 Å². The fraction of sp³-hybridized carbons (Fsp3) is 0.235. The Morgan fingerprint density at radius 2 is 1.60 bits per heavy atom. The Labute approximate surface area is 116 Å². The van der Waals surface area contributed by atoms with E-state index in [1.807, 2.05) is 30.3 Å². The fourth-order valence-electron chi connectivity index (χ4n) is 2.96. The van der Waals surface area contributed by atoms with Crippen LogP contribution in [-0.2, 0) is 5.41 Å². The molecule has 0 spiro atoms. The van der Waals surface area contributed by atoms with Crippen LogP contribution in [0.2, 0.25) is 0 Å². The van der Waals surface area contributed by atoms with Crippen molar-refractivity contribution in [1.29, 1.82) is 5.26 Å². The lowest BCUT2D eigenvalue weighted by atomic mass is 9.58. The minimum Gasteiger partial charge on any atom is -0.207 e. The Bertz CT molecular complexity index is 647. The highest BCUT2D eigenvalue weighted by molar-refractivity contribution is 5.40. The van der Waals surface area contributed by atoms with Gasteiger partial charge in [0.2, 0.25) is 0 Å². The third-order valence-corrected chi connectivity index (χ3v) is 4.09. The van der Waals surface area contributed by atoms with Crippen molar-refractivity contribution in [2.75, 3.05) is 0 Å². The van der Waals surface area contributed by atoms with Gasteiger partial charge in [-0.05, 0) is 42.0 Å². The Morgan fingerprint density at radius 1 is 1.00 bits per heavy atom. The molecule has 3 rings (SSSR count). The van der Waals surface area contributed by atoms with Crippen LogP contribution < -0.4 is 0 Å². The minimum absolute atomic E-state index is 0.280. The molecule has 0 amide bonds. The van der Waals surface area contributed by atoms with Crippen LogP contribution in [0.1, 0.15) is 29.9 Å². The summed E-state index contributed by atoms with van der Waals surface area (Å²) in [5, 5.41) is 9.44. The lowest BCUT2D eigenvalue weighted by Crippen LogP contribution is -2.38. The molecule has 1 nitrogen and oxygen atoms in total. The fourth-order valence-corrected chi connectivity index (χ4v) is 2.96. The van der Waals surface area contributed by atoms with Crippen molar-refractivity contribution >= 4 is 0 Å². The molecule has 3 heteroatoms. The van der Waals surface area contributed by atoms with Crippen LogP contribution in [0, 0.1) is 23.0 Å². The van der Waals surface area contributed by atoms with Crippen molar-refractivity contribution < 1.29 is 8.78 Å². The van der Waals surface area contributed by atoms with Crippen LogP contribution >= 0.6 is 0 Å². The summed E-state index contributed by atoms with van der Waals surface area (Å²) in [5.41, 5.74) is 0.864. The zero-order valence-corrected chi connectivity index (χ0v) is 10.8. The molecular weight excluding hydrogens is 256 g/mol. The van der Waals surface area contributed by atoms with E-state index >= 15 is 0 Å². The summed E-state index contributed by atoms with van der Waals surface area (Å²) in [5.74, 6) is -0.974. The molecule has 2 aromatic rings. The van der Waals surface area contributed by atoms with Gasteiger partial charge in [0.15, 0.2) is 0 Å². The molecule has 0 aliphatic heterocycles. The minimum atomic E-state index is -0.760. The average molecular weight is 269 g/mol. The number of benzene rings is 2. The van der Waals surface area contributed by atoms with E-state index in [1.54, 1.807) is 0 Å². The summed E-state index contributed by atoms with van der Waals surface area (Å²) >= 11 is 0. The largest absolute Gasteiger partial charge is 0.207 e. The van der Waals surface area contributed by atoms with Crippen molar-refractivity contribution in [2.45, 2.75) is 24.2 Å². The normalized spacial score (nSPS) is 24.8. The predicted molar refractivity (Wildman–Crippen MR) is 72.1 cm³/mol. The second kappa shape index (κ2) is 4.72. The first kappa shape index (κ1) is 12.8. The lowest BCUT2D eigenvalue weighted by Gasteiger charge is -2.43. The van der Waals surface area contributed by atoms with Gasteiger partial charge in [-0.2, -0.15) is 5.26 Å². The third-order valence-electron chi connectivity index (χ3n) is 4.09. The first-order valence-corrected chi connectivity index (χ1v) is 6.56. The number of halogens is 2. The van der Waals surface area contributed by atoms with Crippen molar-refractivity contribution in [3.05, 3.63) is 71.3 Å². The predicted octanol–water partition coefficient (Wildman–Crippen LogP) is 4.30. The highest BCUT2D eigenvalue weighted by Crippen LogP contribution is 2.52. The first-order chi connectivity index (χ1) is 9.63. The van der Waals surface area contributed by atoms with Crippen LogP contribution in [0.3, 0.4) is 0 Å². The molecule has 0 bridgehead atoms. The molecule has 0 heterocycles. The summed E-state index contributed by atoms with van der Waals surface area (Å²) in [6, 6.07) is 15.6. The maximum absolute atomic E-state index is 13.3. The summed E-state index contributed by atoms with van der Waals surface area (Å²) in [6.45, 7) is 0. The van der Waals surface area contributed by atoms with Crippen LogP contribution in [0.15, 0.2) is 48.5 Å². The third kappa shape index (κ3) is 2.08. The molecule has 1 aliphatic carbocycles. The van der Waals surface area contributed by atoms with Crippen molar-refractivity contribution in [2.24, 2.45) is 0 Å². The van der Waals surface area contributed by atoms with Crippen molar-refractivity contribution in [3.63, 3.8) is 0 Å². The zero-order chi connectivity index (χ0) is 14.2. The summed E-state index contributed by atoms with van der Waals surface area (Å²) < 4.78 is 26.7. The maximum atomic E-state index is 13.3. The maximum Gasteiger partial charge on any atom is 0.126 e. The summed E-state index contributed by atoms with van der Waals surface area (Å²) in [6.07, 6.45) is 1.22. The Kier molecular flexibility index (Phi) is 3.02. The summed E-state index contributed by atoms with van der Waals surface area (Å²) in [4.78, 5) is 0. The molecule has 0 unspecified atom stereocenters. The standard InChI is InChI=1S/C17H13F2N/c18-15-6-14(7-16(19)8-15)17(11-20)9-13(10-17)12-4-2-1-3-5-12/h1-8,13H,9-10H2. The molecule has 1 saturated carbocycles. The molecule has 100 valence electrons. The Balaban J connectivity index is 1.88. The van der Waals surface area contributed by atoms with Crippen LogP contribution in [-0.4, -0.2) is 0 Å². The SMILES string of the molecule is N#CC1(c2cc(F)cc(F)c2)CC(c2ccccc2)C1. The number of rotatable bonds is 2. The van der Waals surface area contributed by atoms with Gasteiger partial charge in [0, 0.05) is 6.07 Å². The van der Waals surface area contributed by atoms with E-state index in [-0.39, 0.29) is 5.92 Å². The van der Waals surface area contributed by atoms with Gasteiger partial charge in [-0.25, -0.2) is 8.78 Å². The van der Waals surface area contributed by atoms with E-state index < -0.39 is 17.0 Å². The number of nitrogens with zero attached hydrogens (tertiary/aromatic N) is 1. The highest BCUT2D eigenvalue weighted by Gasteiger charge is 2.46. The van der Waals surface area contributed by atoms with Gasteiger partial charge in [0.05, 0.1) is 11.5 Å². The van der Waals surface area contributed by atoms with Gasteiger partial charge in [0.1, 0.15) is 11.6 Å². The zero-order valence-electron chi connectivity index (χ0n) is 10.8. The molecule has 0 radical (unpaired) electrons. The van der Waals surface area contributed by atoms with Gasteiger partial charge in [-0.15, -0.1) is 0 Å². The second-order valence-electron chi connectivity index (χ2n) is 5.37. The smallest absolute Gasteiger partial charge is 0.126 e. The monoisotopic (exact) mass is 269 g/mol. The van der Waals surface area contributed by atoms with Crippen LogP contribution in [0.5, 0.6) is 0 Å². The van der Waals surface area contributed by atoms with E-state index in [0.717, 1.165) is 6.07 Å². The van der Waals surface area contributed by atoms with Gasteiger partial charge in [-0.3, -0.25) is 0 Å². The molecule has 0 saturated heterocycles. The van der Waals surface area contributed by atoms with Crippen LogP contribution in [0.25, 0.3) is 0 Å². The quantitative estimate of drug-likeness (QED) is 0.797. The molecular formula is C17H13F2N. The number of hydrogen-bond donors (Lipinski definition) is 0. The number of hydrogen-bond acceptors (Lipinski definition) is 1. The van der Waals surface area contributed by atoms with Gasteiger partial charge < -0.3 is 0 Å². The van der Waals surface area contributed by atoms with E-state index in [4.69, 9.17) is 0 Å². The molecule has 1 fully saturated rings. The molecule has 1 aliphatic rings. The summed E-state index contributed by atoms with van der Waals surface area (Å²) in [7, 11) is 0. The first-order valence-electron chi connectivity index (χ1n) is 6.56.